The van der Waals surface area contributed by atoms with Gasteiger partial charge in [-0.15, -0.1) is 11.3 Å². The molecule has 0 aliphatic carbocycles. The number of amides is 1. The molecule has 3 nitrogen and oxygen atoms in total. The maximum atomic E-state index is 12.0. The zero-order chi connectivity index (χ0) is 16.7. The lowest BCUT2D eigenvalue weighted by Gasteiger charge is -2.22. The van der Waals surface area contributed by atoms with Crippen molar-refractivity contribution in [2.75, 3.05) is 6.54 Å². The fraction of sp³-hybridized carbons (Fsp3) is 0.421. The van der Waals surface area contributed by atoms with Gasteiger partial charge in [0, 0.05) is 11.4 Å². The molecule has 0 saturated carbocycles. The van der Waals surface area contributed by atoms with E-state index in [9.17, 15) is 4.79 Å². The van der Waals surface area contributed by atoms with Crippen LogP contribution in [0.15, 0.2) is 41.8 Å². The molecule has 2 rings (SSSR count). The third kappa shape index (κ3) is 4.91. The minimum absolute atomic E-state index is 0.0386. The molecule has 0 fully saturated rings. The van der Waals surface area contributed by atoms with E-state index < -0.39 is 0 Å². The van der Waals surface area contributed by atoms with E-state index in [1.165, 1.54) is 16.0 Å². The number of carbonyl (C=O) groups is 1. The molecular weight excluding hydrogens is 304 g/mol. The molecule has 0 aliphatic rings. The molecule has 23 heavy (non-hydrogen) atoms. The van der Waals surface area contributed by atoms with Gasteiger partial charge in [0.05, 0.1) is 12.1 Å². The molecule has 2 aromatic rings. The Labute approximate surface area is 143 Å². The van der Waals surface area contributed by atoms with E-state index in [1.54, 1.807) is 11.3 Å². The summed E-state index contributed by atoms with van der Waals surface area (Å²) in [4.78, 5) is 13.3. The van der Waals surface area contributed by atoms with Crippen LogP contribution in [0.1, 0.15) is 49.2 Å². The third-order valence-corrected chi connectivity index (χ3v) is 4.78. The van der Waals surface area contributed by atoms with Crippen molar-refractivity contribution in [3.8, 4) is 0 Å². The summed E-state index contributed by atoms with van der Waals surface area (Å²) < 4.78 is 0. The third-order valence-electron chi connectivity index (χ3n) is 3.84. The standard InChI is InChI=1S/C19H26N2OS/c1-4-7-15-9-11-16(12-10-15)18(17-8-6-13-23-17)21-14(3)19(22)20-5-2/h6,8-14,18,21H,4-5,7H2,1-3H3,(H,20,22)/t14-,18-/m0/s1. The lowest BCUT2D eigenvalue weighted by molar-refractivity contribution is -0.122. The second kappa shape index (κ2) is 8.85. The number of benzene rings is 1. The molecule has 0 aliphatic heterocycles. The van der Waals surface area contributed by atoms with Crippen molar-refractivity contribution in [3.63, 3.8) is 0 Å². The first kappa shape index (κ1) is 17.7. The maximum Gasteiger partial charge on any atom is 0.236 e. The molecule has 4 heteroatoms. The average molecular weight is 330 g/mol. The number of likely N-dealkylation sites (N-methyl/N-ethyl adjacent to an activating group) is 1. The molecule has 2 N–H and O–H groups in total. The van der Waals surface area contributed by atoms with Gasteiger partial charge in [0.15, 0.2) is 0 Å². The van der Waals surface area contributed by atoms with Gasteiger partial charge >= 0.3 is 0 Å². The lowest BCUT2D eigenvalue weighted by atomic mass is 10.0. The number of carbonyl (C=O) groups excluding carboxylic acids is 1. The van der Waals surface area contributed by atoms with Gasteiger partial charge < -0.3 is 5.32 Å². The number of thiophene rings is 1. The minimum atomic E-state index is -0.239. The number of hydrogen-bond acceptors (Lipinski definition) is 3. The van der Waals surface area contributed by atoms with E-state index in [2.05, 4.69) is 59.3 Å². The number of aryl methyl sites for hydroxylation is 1. The summed E-state index contributed by atoms with van der Waals surface area (Å²) in [5, 5.41) is 8.42. The van der Waals surface area contributed by atoms with Crippen LogP contribution in [0.4, 0.5) is 0 Å². The highest BCUT2D eigenvalue weighted by Gasteiger charge is 2.21. The molecule has 0 spiro atoms. The second-order valence-electron chi connectivity index (χ2n) is 5.72. The maximum absolute atomic E-state index is 12.0. The monoisotopic (exact) mass is 330 g/mol. The smallest absolute Gasteiger partial charge is 0.236 e. The van der Waals surface area contributed by atoms with Gasteiger partial charge in [-0.2, -0.15) is 0 Å². The quantitative estimate of drug-likeness (QED) is 0.770. The van der Waals surface area contributed by atoms with Crippen molar-refractivity contribution in [2.45, 2.75) is 45.7 Å². The van der Waals surface area contributed by atoms with Crippen molar-refractivity contribution in [1.29, 1.82) is 0 Å². The fourth-order valence-electron chi connectivity index (χ4n) is 2.62. The fourth-order valence-corrected chi connectivity index (χ4v) is 3.43. The average Bonchev–Trinajstić information content (AvgIpc) is 3.08. The predicted octanol–water partition coefficient (Wildman–Crippen LogP) is 3.90. The molecule has 124 valence electrons. The topological polar surface area (TPSA) is 41.1 Å². The Balaban J connectivity index is 2.19. The second-order valence-corrected chi connectivity index (χ2v) is 6.70. The van der Waals surface area contributed by atoms with Gasteiger partial charge in [-0.25, -0.2) is 0 Å². The van der Waals surface area contributed by atoms with Gasteiger partial charge in [0.25, 0.3) is 0 Å². The summed E-state index contributed by atoms with van der Waals surface area (Å²) in [6.07, 6.45) is 2.26. The first-order valence-electron chi connectivity index (χ1n) is 8.31. The molecule has 1 amide bonds. The van der Waals surface area contributed by atoms with E-state index in [4.69, 9.17) is 0 Å². The summed E-state index contributed by atoms with van der Waals surface area (Å²) in [7, 11) is 0. The Hall–Kier alpha value is -1.65. The Morgan fingerprint density at radius 2 is 1.91 bits per heavy atom. The van der Waals surface area contributed by atoms with E-state index in [0.29, 0.717) is 6.54 Å². The first-order valence-corrected chi connectivity index (χ1v) is 9.19. The highest BCUT2D eigenvalue weighted by molar-refractivity contribution is 7.10. The van der Waals surface area contributed by atoms with Crippen LogP contribution in [0, 0.1) is 0 Å². The lowest BCUT2D eigenvalue weighted by Crippen LogP contribution is -2.43. The molecular formula is C19H26N2OS. The van der Waals surface area contributed by atoms with Crippen molar-refractivity contribution < 1.29 is 4.79 Å². The van der Waals surface area contributed by atoms with Gasteiger partial charge in [-0.1, -0.05) is 43.7 Å². The molecule has 1 heterocycles. The van der Waals surface area contributed by atoms with Gasteiger partial charge in [-0.05, 0) is 42.8 Å². The zero-order valence-corrected chi connectivity index (χ0v) is 15.0. The number of hydrogen-bond donors (Lipinski definition) is 2. The van der Waals surface area contributed by atoms with Crippen molar-refractivity contribution in [3.05, 3.63) is 57.8 Å². The van der Waals surface area contributed by atoms with Crippen molar-refractivity contribution >= 4 is 17.2 Å². The van der Waals surface area contributed by atoms with Crippen LogP contribution in [0.5, 0.6) is 0 Å². The van der Waals surface area contributed by atoms with Gasteiger partial charge in [0.1, 0.15) is 0 Å². The summed E-state index contributed by atoms with van der Waals surface area (Å²) in [5.74, 6) is 0.0386. The van der Waals surface area contributed by atoms with Crippen molar-refractivity contribution in [1.82, 2.24) is 10.6 Å². The van der Waals surface area contributed by atoms with Gasteiger partial charge in [0.2, 0.25) is 5.91 Å². The van der Waals surface area contributed by atoms with Crippen LogP contribution in [0.2, 0.25) is 0 Å². The molecule has 1 aromatic carbocycles. The molecule has 2 atom stereocenters. The van der Waals surface area contributed by atoms with E-state index in [0.717, 1.165) is 12.8 Å². The molecule has 1 aromatic heterocycles. The highest BCUT2D eigenvalue weighted by atomic mass is 32.1. The Morgan fingerprint density at radius 3 is 2.48 bits per heavy atom. The molecule has 0 radical (unpaired) electrons. The van der Waals surface area contributed by atoms with Crippen LogP contribution in [-0.4, -0.2) is 18.5 Å². The molecule has 0 saturated heterocycles. The highest BCUT2D eigenvalue weighted by Crippen LogP contribution is 2.27. The molecule has 0 unspecified atom stereocenters. The van der Waals surface area contributed by atoms with E-state index in [1.807, 2.05) is 13.8 Å². The summed E-state index contributed by atoms with van der Waals surface area (Å²) >= 11 is 1.71. The predicted molar refractivity (Wildman–Crippen MR) is 97.9 cm³/mol. The number of nitrogens with one attached hydrogen (secondary N) is 2. The van der Waals surface area contributed by atoms with Crippen LogP contribution >= 0.6 is 11.3 Å². The van der Waals surface area contributed by atoms with E-state index in [-0.39, 0.29) is 18.0 Å². The van der Waals surface area contributed by atoms with Crippen LogP contribution < -0.4 is 10.6 Å². The largest absolute Gasteiger partial charge is 0.355 e. The Kier molecular flexibility index (Phi) is 6.81. The normalized spacial score (nSPS) is 13.5. The van der Waals surface area contributed by atoms with Crippen LogP contribution in [0.3, 0.4) is 0 Å². The Bertz CT molecular complexity index is 592. The summed E-state index contributed by atoms with van der Waals surface area (Å²) in [6, 6.07) is 12.7. The number of rotatable bonds is 8. The summed E-state index contributed by atoms with van der Waals surface area (Å²) in [6.45, 7) is 6.70. The van der Waals surface area contributed by atoms with Crippen LogP contribution in [-0.2, 0) is 11.2 Å². The molecule has 0 bridgehead atoms. The van der Waals surface area contributed by atoms with Crippen LogP contribution in [0.25, 0.3) is 0 Å². The SMILES string of the molecule is CCCc1ccc([C@H](N[C@@H](C)C(=O)NCC)c2cccs2)cc1. The van der Waals surface area contributed by atoms with Gasteiger partial charge in [-0.3, -0.25) is 10.1 Å². The summed E-state index contributed by atoms with van der Waals surface area (Å²) in [5.41, 5.74) is 2.56. The minimum Gasteiger partial charge on any atom is -0.355 e. The zero-order valence-electron chi connectivity index (χ0n) is 14.1. The Morgan fingerprint density at radius 1 is 1.17 bits per heavy atom. The van der Waals surface area contributed by atoms with Crippen molar-refractivity contribution in [2.24, 2.45) is 0 Å². The first-order chi connectivity index (χ1) is 11.2. The van der Waals surface area contributed by atoms with E-state index >= 15 is 0 Å².